The highest BCUT2D eigenvalue weighted by atomic mass is 35.5. The van der Waals surface area contributed by atoms with E-state index in [-0.39, 0.29) is 29.4 Å². The van der Waals surface area contributed by atoms with Gasteiger partial charge in [0.1, 0.15) is 36.0 Å². The van der Waals surface area contributed by atoms with E-state index in [2.05, 4.69) is 15.6 Å². The molecule has 2 N–H and O–H groups in total. The zero-order chi connectivity index (χ0) is 47.6. The van der Waals surface area contributed by atoms with Crippen molar-refractivity contribution in [2.45, 2.75) is 97.8 Å². The lowest BCUT2D eigenvalue weighted by Crippen LogP contribution is -2.58. The third kappa shape index (κ3) is 11.9. The van der Waals surface area contributed by atoms with Gasteiger partial charge in [0.15, 0.2) is 17.3 Å². The summed E-state index contributed by atoms with van der Waals surface area (Å²) in [4.78, 5) is 62.7. The number of carbonyl (C=O) groups is 4. The van der Waals surface area contributed by atoms with Crippen molar-refractivity contribution >= 4 is 63.9 Å². The molecule has 0 radical (unpaired) electrons. The second-order valence-electron chi connectivity index (χ2n) is 17.9. The number of ether oxygens (including phenoxy) is 3. The van der Waals surface area contributed by atoms with Crippen molar-refractivity contribution in [2.24, 2.45) is 5.41 Å². The molecule has 2 aliphatic rings. The van der Waals surface area contributed by atoms with Crippen LogP contribution in [0.1, 0.15) is 83.5 Å². The summed E-state index contributed by atoms with van der Waals surface area (Å²) in [5.41, 5.74) is 2.58. The van der Waals surface area contributed by atoms with Gasteiger partial charge >= 0.3 is 0 Å². The number of hydrogen-bond donors (Lipinski definition) is 2. The molecule has 0 bridgehead atoms. The molecular weight excluding hydrogens is 882 g/mol. The van der Waals surface area contributed by atoms with Crippen LogP contribution in [-0.2, 0) is 35.2 Å². The largest absolute Gasteiger partial charge is 0.494 e. The van der Waals surface area contributed by atoms with Crippen LogP contribution < -0.4 is 25.2 Å². The van der Waals surface area contributed by atoms with Gasteiger partial charge in [-0.3, -0.25) is 24.1 Å². The van der Waals surface area contributed by atoms with Crippen molar-refractivity contribution in [3.8, 4) is 23.1 Å². The Balaban J connectivity index is 0.846. The van der Waals surface area contributed by atoms with E-state index in [1.54, 1.807) is 41.8 Å². The zero-order valence-electron chi connectivity index (χ0n) is 38.4. The highest BCUT2D eigenvalue weighted by Crippen LogP contribution is 2.38. The molecule has 6 rings (SSSR count). The molecule has 2 fully saturated rings. The lowest BCUT2D eigenvalue weighted by Gasteiger charge is -2.35. The van der Waals surface area contributed by atoms with Crippen molar-refractivity contribution in [2.75, 3.05) is 49.4 Å². The van der Waals surface area contributed by atoms with E-state index in [9.17, 15) is 24.4 Å². The molecule has 3 aromatic carbocycles. The molecule has 2 atom stereocenters. The predicted molar refractivity (Wildman–Crippen MR) is 255 cm³/mol. The van der Waals surface area contributed by atoms with Gasteiger partial charge in [0.2, 0.25) is 17.7 Å². The molecule has 350 valence electrons. The number of aromatic nitrogens is 1. The molecule has 1 aromatic heterocycles. The SMILES string of the molecule is Cc1ncoc1-c1ccc(CNC(=O)[C@@H]2CCCN2C(=O)[C@@H](NC(=O)COCCCOCCCCOc2ccc(N3C(=S)N(c4ccc(C#N)c(Cl)c4)C(=O)C3(C)C)cc2)C(C)(C)C)cc1. The third-order valence-electron chi connectivity index (χ3n) is 11.5. The number of amides is 4. The molecule has 66 heavy (non-hydrogen) atoms. The van der Waals surface area contributed by atoms with Crippen LogP contribution in [0.25, 0.3) is 11.3 Å². The van der Waals surface area contributed by atoms with Crippen LogP contribution in [-0.4, -0.2) is 95.8 Å². The summed E-state index contributed by atoms with van der Waals surface area (Å²) in [6.07, 6.45) is 4.80. The van der Waals surface area contributed by atoms with Crippen molar-refractivity contribution in [1.82, 2.24) is 20.5 Å². The summed E-state index contributed by atoms with van der Waals surface area (Å²) in [6.45, 7) is 13.5. The van der Waals surface area contributed by atoms with E-state index in [1.807, 2.05) is 82.3 Å². The molecule has 17 heteroatoms. The number of nitrogens with one attached hydrogen (secondary N) is 2. The normalized spacial score (nSPS) is 16.3. The van der Waals surface area contributed by atoms with Crippen molar-refractivity contribution < 1.29 is 37.8 Å². The third-order valence-corrected chi connectivity index (χ3v) is 12.2. The lowest BCUT2D eigenvalue weighted by molar-refractivity contribution is -0.144. The number of oxazole rings is 1. The molecule has 2 aliphatic heterocycles. The van der Waals surface area contributed by atoms with E-state index in [1.165, 1.54) is 11.3 Å². The Kier molecular flexibility index (Phi) is 16.6. The van der Waals surface area contributed by atoms with Crippen LogP contribution in [0.5, 0.6) is 5.75 Å². The van der Waals surface area contributed by atoms with Gasteiger partial charge in [-0.05, 0) is 119 Å². The van der Waals surface area contributed by atoms with Crippen LogP contribution in [0, 0.1) is 23.7 Å². The number of benzene rings is 3. The first-order valence-electron chi connectivity index (χ1n) is 22.1. The highest BCUT2D eigenvalue weighted by molar-refractivity contribution is 7.81. The molecular formula is C49H58ClN7O8S. The van der Waals surface area contributed by atoms with E-state index in [0.717, 1.165) is 35.3 Å². The van der Waals surface area contributed by atoms with E-state index < -0.39 is 28.9 Å². The number of aryl methyl sites for hydroxylation is 1. The summed E-state index contributed by atoms with van der Waals surface area (Å²) < 4.78 is 22.8. The number of halogens is 1. The molecule has 0 aliphatic carbocycles. The number of thiocarbonyl (C=S) groups is 1. The zero-order valence-corrected chi connectivity index (χ0v) is 39.9. The van der Waals surface area contributed by atoms with Gasteiger partial charge in [0.25, 0.3) is 5.91 Å². The van der Waals surface area contributed by atoms with Crippen LogP contribution in [0.2, 0.25) is 5.02 Å². The predicted octanol–water partition coefficient (Wildman–Crippen LogP) is 7.51. The van der Waals surface area contributed by atoms with Gasteiger partial charge in [0, 0.05) is 44.2 Å². The standard InChI is InChI=1S/C49H58ClN7O8S/c1-32-42(65-31-53-32)34-14-12-33(13-15-34)29-52-44(59)40-11-9-22-55(40)45(60)43(48(2,3)4)54-41(58)30-63-25-10-24-62-23-7-8-26-64-38-20-18-36(19-21-38)57-47(66)56(46(61)49(57,5)6)37-17-16-35(28-51)39(50)27-37/h12-21,27,31,40,43H,7-11,22-26,29-30H2,1-6H3,(H,52,59)(H,54,58)/t40-,43+/m0/s1. The number of carbonyl (C=O) groups excluding carboxylic acids is 4. The van der Waals surface area contributed by atoms with Gasteiger partial charge in [-0.25, -0.2) is 4.98 Å². The summed E-state index contributed by atoms with van der Waals surface area (Å²) in [5, 5.41) is 15.7. The molecule has 15 nitrogen and oxygen atoms in total. The van der Waals surface area contributed by atoms with E-state index >= 15 is 0 Å². The van der Waals surface area contributed by atoms with Crippen LogP contribution >= 0.6 is 23.8 Å². The number of nitriles is 1. The average Bonchev–Trinajstić information content (AvgIpc) is 4.00. The summed E-state index contributed by atoms with van der Waals surface area (Å²) >= 11 is 12.0. The summed E-state index contributed by atoms with van der Waals surface area (Å²) in [5.74, 6) is 0.254. The number of nitrogens with zero attached hydrogens (tertiary/aromatic N) is 5. The number of rotatable bonds is 20. The maximum Gasteiger partial charge on any atom is 0.259 e. The van der Waals surface area contributed by atoms with Crippen LogP contribution in [0.15, 0.2) is 77.5 Å². The first-order valence-corrected chi connectivity index (χ1v) is 22.9. The fourth-order valence-electron chi connectivity index (χ4n) is 7.89. The Morgan fingerprint density at radius 1 is 0.985 bits per heavy atom. The minimum atomic E-state index is -0.962. The van der Waals surface area contributed by atoms with Gasteiger partial charge in [-0.2, -0.15) is 5.26 Å². The molecule has 0 unspecified atom stereocenters. The average molecular weight is 941 g/mol. The minimum absolute atomic E-state index is 0.205. The monoisotopic (exact) mass is 939 g/mol. The lowest BCUT2D eigenvalue weighted by atomic mass is 9.85. The Morgan fingerprint density at radius 3 is 2.33 bits per heavy atom. The number of hydrogen-bond acceptors (Lipinski definition) is 11. The molecule has 0 spiro atoms. The first-order chi connectivity index (χ1) is 31.5. The molecule has 4 aromatic rings. The maximum absolute atomic E-state index is 13.9. The Bertz CT molecular complexity index is 2410. The topological polar surface area (TPSA) is 180 Å². The molecule has 4 amide bonds. The minimum Gasteiger partial charge on any atom is -0.494 e. The van der Waals surface area contributed by atoms with E-state index in [0.29, 0.717) is 86.7 Å². The fraction of sp³-hybridized carbons (Fsp3) is 0.449. The van der Waals surface area contributed by atoms with Gasteiger partial charge in [-0.15, -0.1) is 0 Å². The number of unbranched alkanes of at least 4 members (excludes halogenated alkanes) is 1. The number of anilines is 2. The number of likely N-dealkylation sites (tertiary alicyclic amines) is 1. The van der Waals surface area contributed by atoms with Gasteiger partial charge < -0.3 is 39.1 Å². The van der Waals surface area contributed by atoms with Gasteiger partial charge in [0.05, 0.1) is 28.6 Å². The Hall–Kier alpha value is -5.86. The van der Waals surface area contributed by atoms with Crippen LogP contribution in [0.4, 0.5) is 11.4 Å². The molecule has 3 heterocycles. The summed E-state index contributed by atoms with van der Waals surface area (Å²) in [6, 6.07) is 20.4. The Morgan fingerprint density at radius 2 is 1.67 bits per heavy atom. The van der Waals surface area contributed by atoms with Crippen LogP contribution in [0.3, 0.4) is 0 Å². The smallest absolute Gasteiger partial charge is 0.259 e. The highest BCUT2D eigenvalue weighted by Gasteiger charge is 2.50. The van der Waals surface area contributed by atoms with Crippen molar-refractivity contribution in [3.05, 3.63) is 95.0 Å². The van der Waals surface area contributed by atoms with E-state index in [4.69, 9.17) is 42.4 Å². The second kappa shape index (κ2) is 22.1. The summed E-state index contributed by atoms with van der Waals surface area (Å²) in [7, 11) is 0. The van der Waals surface area contributed by atoms with Crippen molar-refractivity contribution in [3.63, 3.8) is 0 Å². The molecule has 0 saturated carbocycles. The maximum atomic E-state index is 13.9. The fourth-order valence-corrected chi connectivity index (χ4v) is 8.63. The van der Waals surface area contributed by atoms with Crippen molar-refractivity contribution in [1.29, 1.82) is 5.26 Å². The second-order valence-corrected chi connectivity index (χ2v) is 18.7. The van der Waals surface area contributed by atoms with Gasteiger partial charge in [-0.1, -0.05) is 56.6 Å². The molecule has 2 saturated heterocycles. The Labute approximate surface area is 396 Å². The first kappa shape index (κ1) is 49.6. The quantitative estimate of drug-likeness (QED) is 0.0659.